The molecule has 1 saturated heterocycles. The first-order valence-electron chi connectivity index (χ1n) is 19.2. The normalized spacial score (nSPS) is 25.6. The topological polar surface area (TPSA) is 113 Å². The van der Waals surface area contributed by atoms with E-state index in [0.717, 1.165) is 36.8 Å². The lowest BCUT2D eigenvalue weighted by Gasteiger charge is -2.56. The third-order valence-electron chi connectivity index (χ3n) is 11.5. The largest absolute Gasteiger partial charge is 0.507 e. The summed E-state index contributed by atoms with van der Waals surface area (Å²) in [5.74, 6) is -1.95. The van der Waals surface area contributed by atoms with Gasteiger partial charge in [0.2, 0.25) is 5.91 Å². The van der Waals surface area contributed by atoms with E-state index in [1.54, 1.807) is 19.1 Å². The highest BCUT2D eigenvalue weighted by Crippen LogP contribution is 2.68. The predicted octanol–water partition coefficient (Wildman–Crippen LogP) is 8.83. The zero-order chi connectivity index (χ0) is 38.3. The molecule has 3 aliphatic carbocycles. The molecule has 1 aromatic carbocycles. The Morgan fingerprint density at radius 3 is 2.15 bits per heavy atom. The van der Waals surface area contributed by atoms with Crippen molar-refractivity contribution in [2.75, 3.05) is 13.1 Å². The highest BCUT2D eigenvalue weighted by molar-refractivity contribution is 6.18. The highest BCUT2D eigenvalue weighted by atomic mass is 16.6. The number of ketones is 2. The maximum Gasteiger partial charge on any atom is 0.249 e. The summed E-state index contributed by atoms with van der Waals surface area (Å²) in [6.45, 7) is 21.1. The number of amides is 1. The molecule has 52 heavy (non-hydrogen) atoms. The molecule has 1 aromatic rings. The Balaban J connectivity index is 1.67. The zero-order valence-electron chi connectivity index (χ0n) is 33.0. The molecule has 8 heteroatoms. The number of ether oxygens (including phenoxy) is 2. The fourth-order valence-corrected chi connectivity index (χ4v) is 8.91. The van der Waals surface area contributed by atoms with Gasteiger partial charge in [0.25, 0.3) is 0 Å². The summed E-state index contributed by atoms with van der Waals surface area (Å²) in [7, 11) is 0. The lowest BCUT2D eigenvalue weighted by atomic mass is 9.51. The van der Waals surface area contributed by atoms with E-state index in [9.17, 15) is 24.6 Å². The van der Waals surface area contributed by atoms with Crippen molar-refractivity contribution >= 4 is 17.5 Å². The first-order valence-corrected chi connectivity index (χ1v) is 19.2. The number of allylic oxidation sites excluding steroid dienone is 7. The Hall–Kier alpha value is -3.91. The van der Waals surface area contributed by atoms with Crippen molar-refractivity contribution in [2.45, 2.75) is 137 Å². The first-order chi connectivity index (χ1) is 24.5. The molecule has 8 nitrogen and oxygen atoms in total. The van der Waals surface area contributed by atoms with Gasteiger partial charge < -0.3 is 24.6 Å². The second-order valence-electron chi connectivity index (χ2n) is 16.3. The van der Waals surface area contributed by atoms with Crippen LogP contribution < -0.4 is 4.74 Å². The molecule has 5 aliphatic rings. The van der Waals surface area contributed by atoms with Crippen molar-refractivity contribution < 1.29 is 34.1 Å². The molecule has 1 spiro atoms. The van der Waals surface area contributed by atoms with E-state index in [-0.39, 0.29) is 65.2 Å². The van der Waals surface area contributed by atoms with Crippen LogP contribution in [0.1, 0.15) is 129 Å². The van der Waals surface area contributed by atoms with Crippen LogP contribution in [0, 0.1) is 11.8 Å². The lowest BCUT2D eigenvalue weighted by molar-refractivity contribution is -0.171. The minimum absolute atomic E-state index is 0.0152. The summed E-state index contributed by atoms with van der Waals surface area (Å²) in [4.78, 5) is 44.9. The Morgan fingerprint density at radius 1 is 0.904 bits per heavy atom. The number of phenols is 2. The quantitative estimate of drug-likeness (QED) is 0.146. The van der Waals surface area contributed by atoms with Crippen LogP contribution in [-0.4, -0.2) is 62.5 Å². The summed E-state index contributed by atoms with van der Waals surface area (Å²) in [6, 6.07) is 0. The third-order valence-corrected chi connectivity index (χ3v) is 11.5. The zero-order valence-corrected chi connectivity index (χ0v) is 33.0. The molecule has 0 radical (unpaired) electrons. The van der Waals surface area contributed by atoms with E-state index >= 15 is 0 Å². The molecule has 0 aromatic heterocycles. The molecule has 2 heterocycles. The van der Waals surface area contributed by atoms with Crippen LogP contribution in [0.25, 0.3) is 0 Å². The number of carbonyl (C=O) groups is 3. The average molecular weight is 714 g/mol. The summed E-state index contributed by atoms with van der Waals surface area (Å²) in [6.07, 6.45) is 14.0. The molecule has 282 valence electrons. The second-order valence-corrected chi connectivity index (χ2v) is 16.3. The van der Waals surface area contributed by atoms with Crippen LogP contribution in [0.4, 0.5) is 0 Å². The number of hydrogen-bond donors (Lipinski definition) is 2. The van der Waals surface area contributed by atoms with E-state index in [1.807, 2.05) is 65.5 Å². The highest BCUT2D eigenvalue weighted by Gasteiger charge is 2.81. The molecule has 2 aliphatic heterocycles. The molecule has 2 fully saturated rings. The van der Waals surface area contributed by atoms with Gasteiger partial charge in [0.15, 0.2) is 22.8 Å². The van der Waals surface area contributed by atoms with Crippen molar-refractivity contribution in [2.24, 2.45) is 11.8 Å². The van der Waals surface area contributed by atoms with Crippen LogP contribution >= 0.6 is 0 Å². The lowest BCUT2D eigenvalue weighted by Crippen LogP contribution is -2.72. The standard InChI is InChI=1S/C44H59NO7/c1-11-22-45(23-12-2)41(50)29(8)20-21-43-40(49)30-24-33-38(48)35-37(47)31(19-17-28(7)15-13-14-26(3)4)36(46)32(18-16-27(5)6)39(35)51-44(33,43)34(25-30)42(9,10)52-43/h14,16-17,20,24,30,34,46-47H,11-13,15,18-19,21-23,25H2,1-10H3/b28-17+,29-20-. The van der Waals surface area contributed by atoms with Crippen LogP contribution in [0.2, 0.25) is 0 Å². The number of fused-ring (bicyclic) bond motifs is 1. The van der Waals surface area contributed by atoms with E-state index in [0.29, 0.717) is 36.2 Å². The SMILES string of the molecule is CCCN(CCC)C(=O)/C(C)=C\CC12OC(C)(C)C3CC(C=C4C(=O)c5c(O)c(C/C=C(\C)CCC=C(C)C)c(O)c(CC=C(C)C)c5OC431)C2=O. The molecule has 4 bridgehead atoms. The summed E-state index contributed by atoms with van der Waals surface area (Å²) >= 11 is 0. The van der Waals surface area contributed by atoms with Crippen molar-refractivity contribution in [1.82, 2.24) is 4.90 Å². The average Bonchev–Trinajstić information content (AvgIpc) is 3.23. The number of benzene rings is 1. The molecule has 4 unspecified atom stereocenters. The van der Waals surface area contributed by atoms with E-state index < -0.39 is 28.5 Å². The van der Waals surface area contributed by atoms with Crippen LogP contribution in [-0.2, 0) is 27.2 Å². The molecule has 2 N–H and O–H groups in total. The van der Waals surface area contributed by atoms with Gasteiger partial charge in [-0.25, -0.2) is 0 Å². The van der Waals surface area contributed by atoms with Gasteiger partial charge in [0.05, 0.1) is 5.60 Å². The van der Waals surface area contributed by atoms with Crippen molar-refractivity contribution in [3.8, 4) is 17.2 Å². The van der Waals surface area contributed by atoms with E-state index in [2.05, 4.69) is 19.9 Å². The van der Waals surface area contributed by atoms with Gasteiger partial charge in [-0.05, 0) is 100 Å². The smallest absolute Gasteiger partial charge is 0.249 e. The van der Waals surface area contributed by atoms with Crippen LogP contribution in [0.3, 0.4) is 0 Å². The Morgan fingerprint density at radius 2 is 1.54 bits per heavy atom. The van der Waals surface area contributed by atoms with Gasteiger partial charge in [0, 0.05) is 53.6 Å². The second kappa shape index (κ2) is 14.8. The molecule has 6 rings (SSSR count). The first kappa shape index (κ1) is 39.3. The monoisotopic (exact) mass is 713 g/mol. The van der Waals surface area contributed by atoms with Crippen molar-refractivity contribution in [3.63, 3.8) is 0 Å². The molecular weight excluding hydrogens is 654 g/mol. The number of rotatable bonds is 14. The van der Waals surface area contributed by atoms with Gasteiger partial charge in [-0.2, -0.15) is 0 Å². The van der Waals surface area contributed by atoms with Crippen molar-refractivity contribution in [3.05, 3.63) is 74.9 Å². The molecule has 4 atom stereocenters. The predicted molar refractivity (Wildman–Crippen MR) is 205 cm³/mol. The summed E-state index contributed by atoms with van der Waals surface area (Å²) < 4.78 is 14.0. The number of nitrogens with zero attached hydrogens (tertiary/aromatic N) is 1. The maximum absolute atomic E-state index is 14.9. The van der Waals surface area contributed by atoms with Gasteiger partial charge in [0.1, 0.15) is 22.8 Å². The van der Waals surface area contributed by atoms with E-state index in [1.165, 1.54) is 5.57 Å². The van der Waals surface area contributed by atoms with Gasteiger partial charge in [-0.3, -0.25) is 14.4 Å². The minimum atomic E-state index is -1.59. The minimum Gasteiger partial charge on any atom is -0.507 e. The fraction of sp³-hybridized carbons (Fsp3) is 0.568. The summed E-state index contributed by atoms with van der Waals surface area (Å²) in [5, 5.41) is 23.8. The fourth-order valence-electron chi connectivity index (χ4n) is 8.91. The Labute approximate surface area is 310 Å². The van der Waals surface area contributed by atoms with Crippen LogP contribution in [0.15, 0.2) is 58.2 Å². The number of Topliss-reactive ketones (excluding diaryl/α,β-unsaturated/α-hetero) is 2. The van der Waals surface area contributed by atoms with Crippen molar-refractivity contribution in [1.29, 1.82) is 0 Å². The van der Waals surface area contributed by atoms with E-state index in [4.69, 9.17) is 9.47 Å². The maximum atomic E-state index is 14.9. The Bertz CT molecular complexity index is 1790. The van der Waals surface area contributed by atoms with Gasteiger partial charge in [-0.1, -0.05) is 60.9 Å². The van der Waals surface area contributed by atoms with Crippen LogP contribution in [0.5, 0.6) is 17.2 Å². The number of carbonyl (C=O) groups excluding carboxylic acids is 3. The molecular formula is C44H59NO7. The van der Waals surface area contributed by atoms with Gasteiger partial charge in [-0.15, -0.1) is 0 Å². The third kappa shape index (κ3) is 6.50. The van der Waals surface area contributed by atoms with Gasteiger partial charge >= 0.3 is 0 Å². The number of hydrogen-bond acceptors (Lipinski definition) is 7. The molecule has 1 amide bonds. The number of phenolic OH excluding ortho intramolecular Hbond substituents is 2. The Kier molecular flexibility index (Phi) is 11.2. The molecule has 1 saturated carbocycles. The number of aromatic hydroxyl groups is 2. The summed E-state index contributed by atoms with van der Waals surface area (Å²) in [5.41, 5.74) is 0.917.